The van der Waals surface area contributed by atoms with Gasteiger partial charge in [-0.05, 0) is 37.0 Å². The molecule has 1 rings (SSSR count). The fraction of sp³-hybridized carbons (Fsp3) is 0.650. The molecule has 0 aliphatic carbocycles. The Bertz CT molecular complexity index is 485. The van der Waals surface area contributed by atoms with E-state index in [2.05, 4.69) is 6.92 Å². The smallest absolute Gasteiger partial charge is 0.160 e. The van der Waals surface area contributed by atoms with Crippen LogP contribution in [0.2, 0.25) is 0 Å². The van der Waals surface area contributed by atoms with Gasteiger partial charge in [0, 0.05) is 20.0 Å². The number of hydrogen-bond donors (Lipinski definition) is 1. The molecule has 0 aliphatic heterocycles. The zero-order valence-corrected chi connectivity index (χ0v) is 15.3. The fourth-order valence-corrected chi connectivity index (χ4v) is 2.79. The summed E-state index contributed by atoms with van der Waals surface area (Å²) in [6.45, 7) is 2.20. The van der Waals surface area contributed by atoms with Crippen molar-refractivity contribution in [3.8, 4) is 11.5 Å². The molecule has 0 bridgehead atoms. The highest BCUT2D eigenvalue weighted by Gasteiger charge is 2.11. The van der Waals surface area contributed by atoms with E-state index >= 15 is 0 Å². The minimum Gasteiger partial charge on any atom is -0.504 e. The summed E-state index contributed by atoms with van der Waals surface area (Å²) in [7, 11) is 3.26. The van der Waals surface area contributed by atoms with E-state index in [0.29, 0.717) is 25.0 Å². The molecule has 1 aromatic rings. The first-order valence-electron chi connectivity index (χ1n) is 9.01. The fourth-order valence-electron chi connectivity index (χ4n) is 2.79. The molecule has 136 valence electrons. The molecule has 1 N–H and O–H groups in total. The van der Waals surface area contributed by atoms with Crippen LogP contribution in [0.4, 0.5) is 0 Å². The number of phenols is 1. The van der Waals surface area contributed by atoms with Gasteiger partial charge in [-0.3, -0.25) is 4.79 Å². The Morgan fingerprint density at radius 3 is 2.58 bits per heavy atom. The van der Waals surface area contributed by atoms with Crippen molar-refractivity contribution >= 4 is 5.78 Å². The van der Waals surface area contributed by atoms with Crippen molar-refractivity contribution in [2.75, 3.05) is 14.2 Å². The lowest BCUT2D eigenvalue weighted by atomic mass is 10.0. The van der Waals surface area contributed by atoms with Crippen molar-refractivity contribution in [3.63, 3.8) is 0 Å². The van der Waals surface area contributed by atoms with Gasteiger partial charge in [-0.1, -0.05) is 38.7 Å². The van der Waals surface area contributed by atoms with Gasteiger partial charge in [0.2, 0.25) is 0 Å². The highest BCUT2D eigenvalue weighted by Crippen LogP contribution is 2.26. The van der Waals surface area contributed by atoms with Gasteiger partial charge in [0.25, 0.3) is 0 Å². The summed E-state index contributed by atoms with van der Waals surface area (Å²) in [5.41, 5.74) is 1.00. The predicted octanol–water partition coefficient (Wildman–Crippen LogP) is 4.67. The highest BCUT2D eigenvalue weighted by molar-refractivity contribution is 5.78. The number of rotatable bonds is 13. The third kappa shape index (κ3) is 7.82. The molecule has 1 atom stereocenters. The van der Waals surface area contributed by atoms with Crippen LogP contribution >= 0.6 is 0 Å². The van der Waals surface area contributed by atoms with E-state index in [4.69, 9.17) is 9.47 Å². The number of carbonyl (C=O) groups excluding carboxylic acids is 1. The Labute approximate surface area is 146 Å². The van der Waals surface area contributed by atoms with E-state index in [9.17, 15) is 9.90 Å². The summed E-state index contributed by atoms with van der Waals surface area (Å²) in [4.78, 5) is 12.1. The van der Waals surface area contributed by atoms with Gasteiger partial charge in [0.05, 0.1) is 13.2 Å². The standard InChI is InChI=1S/C20H32O4/c1-4-5-6-7-8-18(23-2)13-12-17(21)11-9-16-10-14-19(22)20(15-16)24-3/h10,14-15,18,22H,4-9,11-13H2,1-3H3. The second-order valence-corrected chi connectivity index (χ2v) is 6.29. The van der Waals surface area contributed by atoms with Crippen LogP contribution in [0.25, 0.3) is 0 Å². The second kappa shape index (κ2) is 11.9. The average Bonchev–Trinajstić information content (AvgIpc) is 2.60. The molecular formula is C20H32O4. The first-order valence-corrected chi connectivity index (χ1v) is 9.01. The number of benzene rings is 1. The first-order chi connectivity index (χ1) is 11.6. The summed E-state index contributed by atoms with van der Waals surface area (Å²) in [5, 5.41) is 9.58. The SMILES string of the molecule is CCCCCCC(CCC(=O)CCc1ccc(O)c(OC)c1)OC. The van der Waals surface area contributed by atoms with Gasteiger partial charge in [-0.15, -0.1) is 0 Å². The van der Waals surface area contributed by atoms with Crippen LogP contribution in [-0.2, 0) is 16.0 Å². The monoisotopic (exact) mass is 336 g/mol. The molecule has 0 heterocycles. The van der Waals surface area contributed by atoms with Crippen molar-refractivity contribution in [2.24, 2.45) is 0 Å². The molecule has 1 unspecified atom stereocenters. The molecule has 0 radical (unpaired) electrons. The van der Waals surface area contributed by atoms with Crippen molar-refractivity contribution in [1.82, 2.24) is 0 Å². The number of Topliss-reactive ketones (excluding diaryl/α,β-unsaturated/α-hetero) is 1. The lowest BCUT2D eigenvalue weighted by molar-refractivity contribution is -0.119. The molecule has 0 saturated carbocycles. The molecule has 0 aliphatic rings. The minimum atomic E-state index is 0.124. The molecular weight excluding hydrogens is 304 g/mol. The summed E-state index contributed by atoms with van der Waals surface area (Å²) in [6.07, 6.45) is 8.72. The summed E-state index contributed by atoms with van der Waals surface area (Å²) < 4.78 is 10.6. The van der Waals surface area contributed by atoms with Crippen LogP contribution < -0.4 is 4.74 Å². The average molecular weight is 336 g/mol. The molecule has 0 saturated heterocycles. The van der Waals surface area contributed by atoms with Gasteiger partial charge in [0.15, 0.2) is 11.5 Å². The number of hydrogen-bond acceptors (Lipinski definition) is 4. The Balaban J connectivity index is 2.30. The molecule has 0 spiro atoms. The van der Waals surface area contributed by atoms with Crippen LogP contribution in [0, 0.1) is 0 Å². The quantitative estimate of drug-likeness (QED) is 0.532. The number of carbonyl (C=O) groups is 1. The van der Waals surface area contributed by atoms with Gasteiger partial charge in [-0.25, -0.2) is 0 Å². The normalized spacial score (nSPS) is 12.1. The lowest BCUT2D eigenvalue weighted by Gasteiger charge is -2.14. The van der Waals surface area contributed by atoms with E-state index < -0.39 is 0 Å². The zero-order chi connectivity index (χ0) is 17.8. The third-order valence-corrected chi connectivity index (χ3v) is 4.39. The number of ketones is 1. The molecule has 0 amide bonds. The Hall–Kier alpha value is -1.55. The molecule has 0 fully saturated rings. The third-order valence-electron chi connectivity index (χ3n) is 4.39. The molecule has 4 heteroatoms. The summed E-state index contributed by atoms with van der Waals surface area (Å²) in [5.74, 6) is 0.836. The van der Waals surface area contributed by atoms with Gasteiger partial charge < -0.3 is 14.6 Å². The van der Waals surface area contributed by atoms with Crippen molar-refractivity contribution < 1.29 is 19.4 Å². The molecule has 1 aromatic carbocycles. The number of aryl methyl sites for hydroxylation is 1. The van der Waals surface area contributed by atoms with Crippen LogP contribution in [0.3, 0.4) is 0 Å². The predicted molar refractivity (Wildman–Crippen MR) is 96.8 cm³/mol. The molecule has 4 nitrogen and oxygen atoms in total. The number of phenolic OH excluding ortho intramolecular Hbond substituents is 1. The first kappa shape index (κ1) is 20.5. The van der Waals surface area contributed by atoms with Crippen molar-refractivity contribution in [3.05, 3.63) is 23.8 Å². The van der Waals surface area contributed by atoms with Crippen LogP contribution in [0.5, 0.6) is 11.5 Å². The number of unbranched alkanes of at least 4 members (excludes halogenated alkanes) is 3. The minimum absolute atomic E-state index is 0.124. The van der Waals surface area contributed by atoms with Crippen LogP contribution in [0.1, 0.15) is 63.9 Å². The number of methoxy groups -OCH3 is 2. The number of ether oxygens (including phenoxy) is 2. The van der Waals surface area contributed by atoms with Crippen LogP contribution in [0.15, 0.2) is 18.2 Å². The highest BCUT2D eigenvalue weighted by atomic mass is 16.5. The number of aromatic hydroxyl groups is 1. The maximum Gasteiger partial charge on any atom is 0.160 e. The topological polar surface area (TPSA) is 55.8 Å². The maximum atomic E-state index is 12.1. The van der Waals surface area contributed by atoms with Gasteiger partial charge in [-0.2, -0.15) is 0 Å². The maximum absolute atomic E-state index is 12.1. The van der Waals surface area contributed by atoms with E-state index in [1.807, 2.05) is 6.07 Å². The van der Waals surface area contributed by atoms with E-state index in [1.54, 1.807) is 19.2 Å². The van der Waals surface area contributed by atoms with Crippen molar-refractivity contribution in [2.45, 2.75) is 70.8 Å². The second-order valence-electron chi connectivity index (χ2n) is 6.29. The van der Waals surface area contributed by atoms with Gasteiger partial charge >= 0.3 is 0 Å². The summed E-state index contributed by atoms with van der Waals surface area (Å²) in [6, 6.07) is 5.22. The lowest BCUT2D eigenvalue weighted by Crippen LogP contribution is -2.13. The van der Waals surface area contributed by atoms with E-state index in [-0.39, 0.29) is 17.6 Å². The Morgan fingerprint density at radius 2 is 1.92 bits per heavy atom. The van der Waals surface area contributed by atoms with Crippen LogP contribution in [-0.4, -0.2) is 31.2 Å². The zero-order valence-electron chi connectivity index (χ0n) is 15.3. The van der Waals surface area contributed by atoms with Gasteiger partial charge in [0.1, 0.15) is 5.78 Å². The Morgan fingerprint density at radius 1 is 1.12 bits per heavy atom. The largest absolute Gasteiger partial charge is 0.504 e. The van der Waals surface area contributed by atoms with Crippen molar-refractivity contribution in [1.29, 1.82) is 0 Å². The molecule has 24 heavy (non-hydrogen) atoms. The van der Waals surface area contributed by atoms with E-state index in [1.165, 1.54) is 32.8 Å². The molecule has 0 aromatic heterocycles. The van der Waals surface area contributed by atoms with E-state index in [0.717, 1.165) is 18.4 Å². The Kier molecular flexibility index (Phi) is 10.2. The summed E-state index contributed by atoms with van der Waals surface area (Å²) >= 11 is 0.